The van der Waals surface area contributed by atoms with Gasteiger partial charge in [-0.25, -0.2) is 0 Å². The summed E-state index contributed by atoms with van der Waals surface area (Å²) in [6, 6.07) is 0. The summed E-state index contributed by atoms with van der Waals surface area (Å²) in [7, 11) is 0. The molecule has 0 spiro atoms. The molecule has 8 saturated heterocycles. The van der Waals surface area contributed by atoms with Crippen LogP contribution in [-0.4, -0.2) is 420 Å². The van der Waals surface area contributed by atoms with Crippen LogP contribution < -0.4 is 0 Å². The van der Waals surface area contributed by atoms with Gasteiger partial charge < -0.3 is 199 Å². The van der Waals surface area contributed by atoms with E-state index in [2.05, 4.69) is 0 Å². The zero-order valence-electron chi connectivity index (χ0n) is 45.5. The molecule has 8 fully saturated rings. The van der Waals surface area contributed by atoms with Gasteiger partial charge >= 0.3 is 0 Å². The van der Waals surface area contributed by atoms with Crippen LogP contribution in [0.2, 0.25) is 0 Å². The molecule has 0 aromatic rings. The standard InChI is InChI=1S/C47H80O40/c48-1-9-17(54)27(64)43(76-9)83-36-12(4-51)78-45(31(68)24(36)61)85-35-11(3-50)77-42(30(67)23(35)60)74-7-15-18(55)21(58)28(65)41(81-15)73-8-16-19(56)22(59)29(66)44(82-16)84-37-13(5-52)79-46(32(69)25(37)62)86-38-14(6-53)80-47(33(70)26(38)63)87-39-20(57)10(2-49)75-40(72)34(39)71/h9-72H,1-8H2/t9-,10-,11-,12-,13-,14-,15-,16-,17-,18-,19-,20+,21+,22+,23-,24-,25-,26-,27-,28-,29-,30-,31-,32-,33-,34-,35-,36-,37-,38-,39+,40-,41-,42-,43-,44+,45-,46+,47+/m1/s1. The second-order valence-corrected chi connectivity index (χ2v) is 22.0. The average Bonchev–Trinajstić information content (AvgIpc) is 2.29. The minimum Gasteiger partial charge on any atom is -0.394 e. The molecular weight excluding hydrogens is 1200 g/mol. The van der Waals surface area contributed by atoms with Crippen LogP contribution in [0.4, 0.5) is 0 Å². The number of hydrogen-bond donors (Lipinski definition) is 25. The van der Waals surface area contributed by atoms with Crippen LogP contribution in [0.1, 0.15) is 0 Å². The highest BCUT2D eigenvalue weighted by molar-refractivity contribution is 5.00. The molecule has 0 aliphatic carbocycles. The first-order valence-corrected chi connectivity index (χ1v) is 27.6. The van der Waals surface area contributed by atoms with Gasteiger partial charge in [-0.2, -0.15) is 0 Å². The van der Waals surface area contributed by atoms with E-state index >= 15 is 0 Å². The molecule has 8 aliphatic heterocycles. The van der Waals surface area contributed by atoms with Gasteiger partial charge in [-0.05, 0) is 0 Å². The topological polar surface area (TPSA) is 644 Å². The maximum absolute atomic E-state index is 11.3. The molecule has 0 radical (unpaired) electrons. The van der Waals surface area contributed by atoms with Gasteiger partial charge in [0.2, 0.25) is 0 Å². The number of hydrogen-bond acceptors (Lipinski definition) is 40. The maximum Gasteiger partial charge on any atom is 0.187 e. The highest BCUT2D eigenvalue weighted by Gasteiger charge is 2.58. The number of aliphatic hydroxyl groups excluding tert-OH is 25. The maximum atomic E-state index is 11.3. The van der Waals surface area contributed by atoms with Crippen molar-refractivity contribution in [2.24, 2.45) is 0 Å². The van der Waals surface area contributed by atoms with Crippen LogP contribution in [0, 0.1) is 0 Å². The molecule has 508 valence electrons. The van der Waals surface area contributed by atoms with Gasteiger partial charge in [0.25, 0.3) is 0 Å². The Hall–Kier alpha value is -1.60. The Morgan fingerprint density at radius 1 is 0.195 bits per heavy atom. The first-order chi connectivity index (χ1) is 41.2. The Morgan fingerprint density at radius 3 is 0.759 bits per heavy atom. The average molecular weight is 1290 g/mol. The first-order valence-electron chi connectivity index (χ1n) is 27.6. The predicted molar refractivity (Wildman–Crippen MR) is 258 cm³/mol. The minimum atomic E-state index is -2.22. The lowest BCUT2D eigenvalue weighted by Crippen LogP contribution is -2.67. The summed E-state index contributed by atoms with van der Waals surface area (Å²) in [5.41, 5.74) is 0. The van der Waals surface area contributed by atoms with Gasteiger partial charge in [0, 0.05) is 0 Å². The molecule has 8 aliphatic rings. The number of aliphatic hydroxyl groups is 25. The molecule has 8 heterocycles. The molecule has 0 aromatic carbocycles. The van der Waals surface area contributed by atoms with E-state index in [-0.39, 0.29) is 0 Å². The van der Waals surface area contributed by atoms with E-state index in [0.29, 0.717) is 0 Å². The van der Waals surface area contributed by atoms with Crippen LogP contribution >= 0.6 is 0 Å². The predicted octanol–water partition coefficient (Wildman–Crippen LogP) is -17.8. The third kappa shape index (κ3) is 14.9. The summed E-state index contributed by atoms with van der Waals surface area (Å²) < 4.78 is 82.8. The summed E-state index contributed by atoms with van der Waals surface area (Å²) in [5.74, 6) is 0. The Bertz CT molecular complexity index is 2070. The van der Waals surface area contributed by atoms with Crippen molar-refractivity contribution in [3.63, 3.8) is 0 Å². The van der Waals surface area contributed by atoms with Gasteiger partial charge in [0.05, 0.1) is 52.9 Å². The molecule has 0 bridgehead atoms. The molecule has 0 amide bonds. The first kappa shape index (κ1) is 71.3. The van der Waals surface area contributed by atoms with Crippen LogP contribution in [0.15, 0.2) is 0 Å². The van der Waals surface area contributed by atoms with E-state index in [0.717, 1.165) is 0 Å². The molecule has 39 atom stereocenters. The van der Waals surface area contributed by atoms with E-state index in [1.807, 2.05) is 0 Å². The summed E-state index contributed by atoms with van der Waals surface area (Å²) in [6.07, 6.45) is -74.2. The second kappa shape index (κ2) is 30.6. The molecule has 0 unspecified atom stereocenters. The third-order valence-corrected chi connectivity index (χ3v) is 16.3. The van der Waals surface area contributed by atoms with Crippen LogP contribution in [-0.2, 0) is 71.1 Å². The number of ether oxygens (including phenoxy) is 15. The molecule has 0 saturated carbocycles. The smallest absolute Gasteiger partial charge is 0.187 e. The molecular formula is C47H80O40. The Labute approximate surface area is 490 Å². The van der Waals surface area contributed by atoms with Gasteiger partial charge in [0.1, 0.15) is 189 Å². The quantitative estimate of drug-likeness (QED) is 0.0479. The SMILES string of the molecule is OC[C@H]1O[C@@H](O)[C@H](O)[C@@H](O[C@@H]2O[C@H](CO)[C@@H](O[C@@H]3O[C@H](CO)[C@@H](O[C@@H]4O[C@H](CO[C@@H]5O[C@H](CO[C@@H]6O[C@H](CO)[C@@H](O[C@H]7O[C@H](CO)[C@@H](O[C@H]8O[C@H](CO)[C@@H](O)[C@H]8O)[C@H](O)[C@H]7O)[C@H](O)[C@H]6O)[C@@H](O)[C@H](O)[C@H]5O)[C@@H](O)[C@H](O)[C@H]4O)[C@H](O)[C@H]3O)[C@H](O)[C@H]2O)[C@H]1O. The molecule has 87 heavy (non-hydrogen) atoms. The van der Waals surface area contributed by atoms with Crippen molar-refractivity contribution in [3.8, 4) is 0 Å². The molecule has 25 N–H and O–H groups in total. The monoisotopic (exact) mass is 1280 g/mol. The van der Waals surface area contributed by atoms with Gasteiger partial charge in [-0.3, -0.25) is 0 Å². The Balaban J connectivity index is 0.838. The zero-order chi connectivity index (χ0) is 63.8. The van der Waals surface area contributed by atoms with Crippen molar-refractivity contribution in [2.75, 3.05) is 52.9 Å². The molecule has 40 heteroatoms. The summed E-state index contributed by atoms with van der Waals surface area (Å²) in [5, 5.41) is 265. The lowest BCUT2D eigenvalue weighted by atomic mass is 9.95. The normalized spacial score (nSPS) is 53.6. The highest BCUT2D eigenvalue weighted by Crippen LogP contribution is 2.37. The van der Waals surface area contributed by atoms with E-state index < -0.39 is 292 Å². The highest BCUT2D eigenvalue weighted by atomic mass is 16.8. The summed E-state index contributed by atoms with van der Waals surface area (Å²) in [6.45, 7) is -7.37. The van der Waals surface area contributed by atoms with E-state index in [4.69, 9.17) is 71.1 Å². The fourth-order valence-electron chi connectivity index (χ4n) is 11.1. The lowest BCUT2D eigenvalue weighted by molar-refractivity contribution is -0.389. The van der Waals surface area contributed by atoms with Crippen molar-refractivity contribution < 1.29 is 199 Å². The van der Waals surface area contributed by atoms with Gasteiger partial charge in [0.15, 0.2) is 50.3 Å². The van der Waals surface area contributed by atoms with Crippen molar-refractivity contribution in [2.45, 2.75) is 240 Å². The minimum absolute atomic E-state index is 0.729. The second-order valence-electron chi connectivity index (χ2n) is 22.0. The Morgan fingerprint density at radius 2 is 0.425 bits per heavy atom. The number of rotatable bonds is 22. The summed E-state index contributed by atoms with van der Waals surface area (Å²) >= 11 is 0. The van der Waals surface area contributed by atoms with Gasteiger partial charge in [-0.15, -0.1) is 0 Å². The summed E-state index contributed by atoms with van der Waals surface area (Å²) in [4.78, 5) is 0. The molecule has 40 nitrogen and oxygen atoms in total. The fourth-order valence-corrected chi connectivity index (χ4v) is 11.1. The molecule has 0 aromatic heterocycles. The van der Waals surface area contributed by atoms with Gasteiger partial charge in [-0.1, -0.05) is 0 Å². The van der Waals surface area contributed by atoms with Crippen LogP contribution in [0.25, 0.3) is 0 Å². The molecule has 8 rings (SSSR count). The van der Waals surface area contributed by atoms with Crippen LogP contribution in [0.5, 0.6) is 0 Å². The zero-order valence-corrected chi connectivity index (χ0v) is 45.5. The van der Waals surface area contributed by atoms with E-state index in [1.54, 1.807) is 0 Å². The van der Waals surface area contributed by atoms with Crippen molar-refractivity contribution in [1.82, 2.24) is 0 Å². The fraction of sp³-hybridized carbons (Fsp3) is 1.00. The lowest BCUT2D eigenvalue weighted by Gasteiger charge is -2.49. The third-order valence-electron chi connectivity index (χ3n) is 16.3. The van der Waals surface area contributed by atoms with Crippen molar-refractivity contribution in [1.29, 1.82) is 0 Å². The van der Waals surface area contributed by atoms with E-state index in [9.17, 15) is 128 Å². The van der Waals surface area contributed by atoms with Crippen molar-refractivity contribution >= 4 is 0 Å². The van der Waals surface area contributed by atoms with Crippen LogP contribution in [0.3, 0.4) is 0 Å². The largest absolute Gasteiger partial charge is 0.394 e. The van der Waals surface area contributed by atoms with E-state index in [1.165, 1.54) is 0 Å². The Kier molecular flexibility index (Phi) is 25.1. The van der Waals surface area contributed by atoms with Crippen molar-refractivity contribution in [3.05, 3.63) is 0 Å².